The highest BCUT2D eigenvalue weighted by Crippen LogP contribution is 2.07. The number of rotatable bonds is 7. The summed E-state index contributed by atoms with van der Waals surface area (Å²) in [6, 6.07) is 0.391. The van der Waals surface area contributed by atoms with Gasteiger partial charge in [0.05, 0.1) is 12.2 Å². The molecule has 7 heteroatoms. The zero-order chi connectivity index (χ0) is 12.0. The van der Waals surface area contributed by atoms with E-state index in [1.54, 1.807) is 0 Å². The van der Waals surface area contributed by atoms with Crippen LogP contribution in [-0.4, -0.2) is 44.4 Å². The first-order valence-electron chi connectivity index (χ1n) is 5.42. The number of carbonyl (C=O) groups is 1. The largest absolute Gasteiger partial charge is 0.481 e. The second-order valence-corrected chi connectivity index (χ2v) is 5.87. The van der Waals surface area contributed by atoms with Crippen molar-refractivity contribution < 1.29 is 18.3 Å². The van der Waals surface area contributed by atoms with E-state index in [1.807, 2.05) is 0 Å². The molecule has 16 heavy (non-hydrogen) atoms. The van der Waals surface area contributed by atoms with Crippen LogP contribution < -0.4 is 10.0 Å². The Morgan fingerprint density at radius 2 is 2.25 bits per heavy atom. The maximum Gasteiger partial charge on any atom is 0.304 e. The van der Waals surface area contributed by atoms with Gasteiger partial charge in [-0.2, -0.15) is 0 Å². The van der Waals surface area contributed by atoms with Crippen LogP contribution >= 0.6 is 0 Å². The van der Waals surface area contributed by atoms with E-state index in [0.29, 0.717) is 12.6 Å². The second-order valence-electron chi connectivity index (χ2n) is 3.94. The number of nitrogens with one attached hydrogen (secondary N) is 2. The lowest BCUT2D eigenvalue weighted by atomic mass is 10.2. The molecule has 1 saturated heterocycles. The Morgan fingerprint density at radius 1 is 1.50 bits per heavy atom. The van der Waals surface area contributed by atoms with Crippen molar-refractivity contribution >= 4 is 16.0 Å². The van der Waals surface area contributed by atoms with Crippen LogP contribution in [0.25, 0.3) is 0 Å². The minimum Gasteiger partial charge on any atom is -0.481 e. The summed E-state index contributed by atoms with van der Waals surface area (Å²) < 4.78 is 25.0. The molecule has 1 aliphatic heterocycles. The van der Waals surface area contributed by atoms with E-state index in [1.165, 1.54) is 0 Å². The van der Waals surface area contributed by atoms with Crippen LogP contribution in [0.3, 0.4) is 0 Å². The highest BCUT2D eigenvalue weighted by molar-refractivity contribution is 7.89. The average Bonchev–Trinajstić information content (AvgIpc) is 2.68. The van der Waals surface area contributed by atoms with Gasteiger partial charge in [0.1, 0.15) is 0 Å². The van der Waals surface area contributed by atoms with Crippen molar-refractivity contribution in [3.63, 3.8) is 0 Å². The summed E-state index contributed by atoms with van der Waals surface area (Å²) in [4.78, 5) is 10.2. The zero-order valence-electron chi connectivity index (χ0n) is 9.11. The van der Waals surface area contributed by atoms with E-state index in [0.717, 1.165) is 25.8 Å². The molecular formula is C9H18N2O4S. The number of carboxylic acid groups (broad SMARTS) is 1. The number of hydrogen-bond acceptors (Lipinski definition) is 4. The third-order valence-electron chi connectivity index (χ3n) is 2.56. The van der Waals surface area contributed by atoms with Crippen molar-refractivity contribution in [1.82, 2.24) is 10.0 Å². The second kappa shape index (κ2) is 6.17. The minimum absolute atomic E-state index is 0.347. The molecule has 1 rings (SSSR count). The molecule has 0 amide bonds. The third kappa shape index (κ3) is 5.43. The average molecular weight is 250 g/mol. The molecule has 1 fully saturated rings. The molecular weight excluding hydrogens is 232 g/mol. The molecule has 0 radical (unpaired) electrons. The molecule has 0 bridgehead atoms. The zero-order valence-corrected chi connectivity index (χ0v) is 9.92. The predicted octanol–water partition coefficient (Wildman–Crippen LogP) is -0.477. The van der Waals surface area contributed by atoms with E-state index < -0.39 is 16.0 Å². The quantitative estimate of drug-likeness (QED) is 0.567. The molecule has 3 N–H and O–H groups in total. The third-order valence-corrected chi connectivity index (χ3v) is 3.95. The first-order valence-corrected chi connectivity index (χ1v) is 7.07. The molecule has 1 atom stereocenters. The van der Waals surface area contributed by atoms with Gasteiger partial charge >= 0.3 is 5.97 Å². The van der Waals surface area contributed by atoms with Gasteiger partial charge in [0.2, 0.25) is 10.0 Å². The number of carboxylic acids is 1. The maximum atomic E-state index is 11.3. The van der Waals surface area contributed by atoms with Gasteiger partial charge in [-0.25, -0.2) is 13.1 Å². The van der Waals surface area contributed by atoms with Crippen LogP contribution in [0.1, 0.15) is 25.7 Å². The van der Waals surface area contributed by atoms with Gasteiger partial charge in [0, 0.05) is 12.6 Å². The highest BCUT2D eigenvalue weighted by atomic mass is 32.2. The molecule has 0 aliphatic carbocycles. The van der Waals surface area contributed by atoms with Crippen LogP contribution in [0.5, 0.6) is 0 Å². The van der Waals surface area contributed by atoms with E-state index in [9.17, 15) is 13.2 Å². The van der Waals surface area contributed by atoms with Crippen LogP contribution in [0.2, 0.25) is 0 Å². The fraction of sp³-hybridized carbons (Fsp3) is 0.889. The minimum atomic E-state index is -3.43. The molecule has 0 aromatic rings. The van der Waals surface area contributed by atoms with Gasteiger partial charge in [0.15, 0.2) is 0 Å². The topological polar surface area (TPSA) is 95.5 Å². The van der Waals surface area contributed by atoms with E-state index >= 15 is 0 Å². The molecule has 1 aliphatic rings. The summed E-state index contributed by atoms with van der Waals surface area (Å²) in [6.45, 7) is 1.37. The van der Waals surface area contributed by atoms with Gasteiger partial charge in [0.25, 0.3) is 0 Å². The van der Waals surface area contributed by atoms with Crippen molar-refractivity contribution in [2.24, 2.45) is 0 Å². The fourth-order valence-corrected chi connectivity index (χ4v) is 2.70. The first-order chi connectivity index (χ1) is 7.49. The molecule has 0 unspecified atom stereocenters. The standard InChI is InChI=1S/C9H18N2O4S/c12-9(13)4-7-16(14,15)11-6-3-8-2-1-5-10-8/h8,10-11H,1-7H2,(H,12,13)/t8-/m1/s1. The Kier molecular flexibility index (Phi) is 5.17. The lowest BCUT2D eigenvalue weighted by Gasteiger charge is -2.10. The lowest BCUT2D eigenvalue weighted by Crippen LogP contribution is -2.32. The Hall–Kier alpha value is -0.660. The van der Waals surface area contributed by atoms with E-state index in [4.69, 9.17) is 5.11 Å². The van der Waals surface area contributed by atoms with Crippen LogP contribution in [0.15, 0.2) is 0 Å². The van der Waals surface area contributed by atoms with Crippen LogP contribution in [0, 0.1) is 0 Å². The van der Waals surface area contributed by atoms with Crippen molar-refractivity contribution in [3.05, 3.63) is 0 Å². The van der Waals surface area contributed by atoms with E-state index in [-0.39, 0.29) is 12.2 Å². The van der Waals surface area contributed by atoms with Crippen LogP contribution in [0.4, 0.5) is 0 Å². The van der Waals surface area contributed by atoms with Gasteiger partial charge < -0.3 is 10.4 Å². The summed E-state index contributed by atoms with van der Waals surface area (Å²) in [5.41, 5.74) is 0. The maximum absolute atomic E-state index is 11.3. The van der Waals surface area contributed by atoms with Crippen LogP contribution in [-0.2, 0) is 14.8 Å². The molecule has 0 aromatic carbocycles. The molecule has 0 spiro atoms. The Bertz CT molecular complexity index is 322. The highest BCUT2D eigenvalue weighted by Gasteiger charge is 2.16. The Labute approximate surface area is 95.5 Å². The molecule has 0 saturated carbocycles. The van der Waals surface area contributed by atoms with Gasteiger partial charge in [-0.1, -0.05) is 0 Å². The summed E-state index contributed by atoms with van der Waals surface area (Å²) in [5, 5.41) is 11.6. The van der Waals surface area contributed by atoms with Crippen molar-refractivity contribution in [2.45, 2.75) is 31.7 Å². The predicted molar refractivity (Wildman–Crippen MR) is 59.7 cm³/mol. The van der Waals surface area contributed by atoms with E-state index in [2.05, 4.69) is 10.0 Å². The van der Waals surface area contributed by atoms with Crippen molar-refractivity contribution in [1.29, 1.82) is 0 Å². The van der Waals surface area contributed by atoms with Crippen molar-refractivity contribution in [3.8, 4) is 0 Å². The summed E-state index contributed by atoms with van der Waals surface area (Å²) in [7, 11) is -3.43. The van der Waals surface area contributed by atoms with Gasteiger partial charge in [-0.15, -0.1) is 0 Å². The normalized spacial score (nSPS) is 21.1. The monoisotopic (exact) mass is 250 g/mol. The van der Waals surface area contributed by atoms with Gasteiger partial charge in [-0.05, 0) is 25.8 Å². The fourth-order valence-electron chi connectivity index (χ4n) is 1.69. The molecule has 0 aromatic heterocycles. The smallest absolute Gasteiger partial charge is 0.304 e. The van der Waals surface area contributed by atoms with Crippen molar-refractivity contribution in [2.75, 3.05) is 18.8 Å². The number of sulfonamides is 1. The summed E-state index contributed by atoms with van der Waals surface area (Å²) in [6.07, 6.45) is 2.62. The summed E-state index contributed by atoms with van der Waals surface area (Å²) in [5.74, 6) is -1.44. The Morgan fingerprint density at radius 3 is 2.81 bits per heavy atom. The SMILES string of the molecule is O=C(O)CCS(=O)(=O)NCC[C@H]1CCCN1. The molecule has 1 heterocycles. The number of aliphatic carboxylic acids is 1. The molecule has 94 valence electrons. The number of hydrogen-bond donors (Lipinski definition) is 3. The Balaban J connectivity index is 2.17. The first kappa shape index (κ1) is 13.4. The molecule has 6 nitrogen and oxygen atoms in total. The van der Waals surface area contributed by atoms with Gasteiger partial charge in [-0.3, -0.25) is 4.79 Å². The lowest BCUT2D eigenvalue weighted by molar-refractivity contribution is -0.136. The summed E-state index contributed by atoms with van der Waals surface area (Å²) >= 11 is 0.